The topological polar surface area (TPSA) is 97.9 Å². The van der Waals surface area contributed by atoms with Crippen molar-refractivity contribution in [3.63, 3.8) is 0 Å². The van der Waals surface area contributed by atoms with Crippen LogP contribution in [0.25, 0.3) is 5.69 Å². The first-order valence-corrected chi connectivity index (χ1v) is 10.6. The number of benzene rings is 1. The summed E-state index contributed by atoms with van der Waals surface area (Å²) in [6.07, 6.45) is 4.62. The second-order valence-electron chi connectivity index (χ2n) is 7.49. The first-order chi connectivity index (χ1) is 15.0. The number of nitrogens with zero attached hydrogens (tertiary/aromatic N) is 6. The molecular formula is C21H24ClN7O2. The van der Waals surface area contributed by atoms with E-state index in [1.807, 2.05) is 25.1 Å². The fourth-order valence-electron chi connectivity index (χ4n) is 3.66. The maximum absolute atomic E-state index is 12.9. The fraction of sp³-hybridized carbons (Fsp3) is 0.381. The number of carbonyl (C=O) groups excluding carboxylic acids is 2. The van der Waals surface area contributed by atoms with E-state index in [1.54, 1.807) is 39.6 Å². The lowest BCUT2D eigenvalue weighted by molar-refractivity contribution is -0.121. The zero-order chi connectivity index (χ0) is 22.0. The molecule has 0 radical (unpaired) electrons. The van der Waals surface area contributed by atoms with E-state index in [-0.39, 0.29) is 23.6 Å². The highest BCUT2D eigenvalue weighted by Crippen LogP contribution is 2.23. The Kier molecular flexibility index (Phi) is 6.03. The predicted molar refractivity (Wildman–Crippen MR) is 116 cm³/mol. The molecule has 4 rings (SSSR count). The summed E-state index contributed by atoms with van der Waals surface area (Å²) < 4.78 is 3.33. The van der Waals surface area contributed by atoms with E-state index in [2.05, 4.69) is 20.5 Å². The molecule has 1 saturated heterocycles. The standard InChI is InChI=1S/C21H24ClN7O2/c1-3-28-13-16(12-23-28)25-20(30)15-8-10-27(11-9-15)21(31)19-24-14(2)29(26-19)18-7-5-4-6-17(18)22/h4-7,12-13,15H,3,8-11H2,1-2H3,(H,25,30). The molecular weight excluding hydrogens is 418 g/mol. The minimum Gasteiger partial charge on any atom is -0.336 e. The molecule has 2 amide bonds. The van der Waals surface area contributed by atoms with Gasteiger partial charge in [-0.3, -0.25) is 14.3 Å². The zero-order valence-electron chi connectivity index (χ0n) is 17.5. The molecule has 9 nitrogen and oxygen atoms in total. The summed E-state index contributed by atoms with van der Waals surface area (Å²) in [7, 11) is 0. The normalized spacial score (nSPS) is 14.6. The first-order valence-electron chi connectivity index (χ1n) is 10.3. The van der Waals surface area contributed by atoms with E-state index < -0.39 is 0 Å². The summed E-state index contributed by atoms with van der Waals surface area (Å²) in [5, 5.41) is 12.0. The maximum Gasteiger partial charge on any atom is 0.293 e. The van der Waals surface area contributed by atoms with Gasteiger partial charge in [0.05, 0.1) is 22.6 Å². The van der Waals surface area contributed by atoms with Gasteiger partial charge in [0, 0.05) is 31.7 Å². The van der Waals surface area contributed by atoms with E-state index in [9.17, 15) is 9.59 Å². The smallest absolute Gasteiger partial charge is 0.293 e. The number of anilines is 1. The molecule has 0 unspecified atom stereocenters. The highest BCUT2D eigenvalue weighted by molar-refractivity contribution is 6.32. The van der Waals surface area contributed by atoms with Gasteiger partial charge in [0.2, 0.25) is 11.7 Å². The van der Waals surface area contributed by atoms with Gasteiger partial charge in [-0.2, -0.15) is 5.10 Å². The van der Waals surface area contributed by atoms with Crippen LogP contribution in [0.15, 0.2) is 36.7 Å². The van der Waals surface area contributed by atoms with Crippen molar-refractivity contribution in [1.29, 1.82) is 0 Å². The lowest BCUT2D eigenvalue weighted by Gasteiger charge is -2.30. The van der Waals surface area contributed by atoms with Crippen molar-refractivity contribution in [3.05, 3.63) is 53.3 Å². The van der Waals surface area contributed by atoms with Gasteiger partial charge < -0.3 is 10.2 Å². The average Bonchev–Trinajstić information content (AvgIpc) is 3.40. The summed E-state index contributed by atoms with van der Waals surface area (Å²) in [6.45, 7) is 5.47. The number of nitrogens with one attached hydrogen (secondary N) is 1. The van der Waals surface area contributed by atoms with Crippen molar-refractivity contribution in [2.24, 2.45) is 5.92 Å². The molecule has 0 spiro atoms. The van der Waals surface area contributed by atoms with Crippen molar-refractivity contribution in [3.8, 4) is 5.69 Å². The molecule has 10 heteroatoms. The van der Waals surface area contributed by atoms with Crippen molar-refractivity contribution in [1.82, 2.24) is 29.4 Å². The van der Waals surface area contributed by atoms with Crippen LogP contribution in [0.1, 0.15) is 36.2 Å². The number of aromatic nitrogens is 5. The number of aryl methyl sites for hydroxylation is 2. The number of carbonyl (C=O) groups is 2. The maximum atomic E-state index is 12.9. The molecule has 0 atom stereocenters. The van der Waals surface area contributed by atoms with E-state index in [0.29, 0.717) is 48.2 Å². The molecule has 1 N–H and O–H groups in total. The predicted octanol–water partition coefficient (Wildman–Crippen LogP) is 2.94. The zero-order valence-corrected chi connectivity index (χ0v) is 18.2. The van der Waals surface area contributed by atoms with Gasteiger partial charge in [0.25, 0.3) is 5.91 Å². The molecule has 31 heavy (non-hydrogen) atoms. The second kappa shape index (κ2) is 8.89. The molecule has 2 aromatic heterocycles. The van der Waals surface area contributed by atoms with Gasteiger partial charge in [-0.1, -0.05) is 23.7 Å². The highest BCUT2D eigenvalue weighted by Gasteiger charge is 2.30. The van der Waals surface area contributed by atoms with Crippen molar-refractivity contribution in [2.75, 3.05) is 18.4 Å². The summed E-state index contributed by atoms with van der Waals surface area (Å²) in [6, 6.07) is 7.28. The Morgan fingerprint density at radius 2 is 1.97 bits per heavy atom. The third-order valence-electron chi connectivity index (χ3n) is 5.42. The van der Waals surface area contributed by atoms with Crippen LogP contribution in [0.3, 0.4) is 0 Å². The van der Waals surface area contributed by atoms with E-state index in [1.165, 1.54) is 0 Å². The van der Waals surface area contributed by atoms with Crippen LogP contribution in [-0.4, -0.2) is 54.3 Å². The highest BCUT2D eigenvalue weighted by atomic mass is 35.5. The second-order valence-corrected chi connectivity index (χ2v) is 7.89. The Balaban J connectivity index is 1.38. The molecule has 0 bridgehead atoms. The molecule has 3 aromatic rings. The molecule has 0 saturated carbocycles. The molecule has 1 fully saturated rings. The number of rotatable bonds is 5. The molecule has 3 heterocycles. The number of hydrogen-bond acceptors (Lipinski definition) is 5. The van der Waals surface area contributed by atoms with Crippen molar-refractivity contribution < 1.29 is 9.59 Å². The molecule has 1 aliphatic rings. The summed E-state index contributed by atoms with van der Waals surface area (Å²) in [5.41, 5.74) is 1.37. The summed E-state index contributed by atoms with van der Waals surface area (Å²) in [5.74, 6) is 0.284. The number of hydrogen-bond donors (Lipinski definition) is 1. The largest absolute Gasteiger partial charge is 0.336 e. The summed E-state index contributed by atoms with van der Waals surface area (Å²) >= 11 is 6.25. The van der Waals surface area contributed by atoms with Gasteiger partial charge >= 0.3 is 0 Å². The Morgan fingerprint density at radius 1 is 1.23 bits per heavy atom. The third-order valence-corrected chi connectivity index (χ3v) is 5.74. The van der Waals surface area contributed by atoms with Crippen LogP contribution in [0.2, 0.25) is 5.02 Å². The van der Waals surface area contributed by atoms with Crippen molar-refractivity contribution >= 4 is 29.1 Å². The number of para-hydroxylation sites is 1. The van der Waals surface area contributed by atoms with Gasteiger partial charge in [-0.15, -0.1) is 5.10 Å². The van der Waals surface area contributed by atoms with Crippen LogP contribution in [-0.2, 0) is 11.3 Å². The Hall–Kier alpha value is -3.20. The molecule has 1 aliphatic heterocycles. The fourth-order valence-corrected chi connectivity index (χ4v) is 3.88. The van der Waals surface area contributed by atoms with E-state index in [4.69, 9.17) is 11.6 Å². The minimum atomic E-state index is -0.239. The Morgan fingerprint density at radius 3 is 2.65 bits per heavy atom. The quantitative estimate of drug-likeness (QED) is 0.656. The Bertz CT molecular complexity index is 1100. The van der Waals surface area contributed by atoms with Gasteiger partial charge in [0.15, 0.2) is 0 Å². The molecule has 0 aliphatic carbocycles. The monoisotopic (exact) mass is 441 g/mol. The number of piperidine rings is 1. The summed E-state index contributed by atoms with van der Waals surface area (Å²) in [4.78, 5) is 31.5. The van der Waals surface area contributed by atoms with Crippen molar-refractivity contribution in [2.45, 2.75) is 33.2 Å². The number of halogens is 1. The Labute approximate surface area is 185 Å². The van der Waals surface area contributed by atoms with E-state index >= 15 is 0 Å². The van der Waals surface area contributed by atoms with Gasteiger partial charge in [-0.25, -0.2) is 9.67 Å². The van der Waals surface area contributed by atoms with Crippen LogP contribution in [0, 0.1) is 12.8 Å². The third kappa shape index (κ3) is 4.46. The van der Waals surface area contributed by atoms with E-state index in [0.717, 1.165) is 6.54 Å². The van der Waals surface area contributed by atoms with Crippen LogP contribution >= 0.6 is 11.6 Å². The number of likely N-dealkylation sites (tertiary alicyclic amines) is 1. The van der Waals surface area contributed by atoms with Gasteiger partial charge in [-0.05, 0) is 38.8 Å². The lowest BCUT2D eigenvalue weighted by atomic mass is 9.96. The minimum absolute atomic E-state index is 0.0419. The SMILES string of the molecule is CCn1cc(NC(=O)C2CCN(C(=O)c3nc(C)n(-c4ccccc4Cl)n3)CC2)cn1. The van der Waals surface area contributed by atoms with Crippen LogP contribution in [0.4, 0.5) is 5.69 Å². The number of amides is 2. The average molecular weight is 442 g/mol. The van der Waals surface area contributed by atoms with Gasteiger partial charge in [0.1, 0.15) is 5.82 Å². The first kappa shape index (κ1) is 21.0. The molecule has 162 valence electrons. The van der Waals surface area contributed by atoms with Crippen LogP contribution < -0.4 is 5.32 Å². The van der Waals surface area contributed by atoms with Crippen LogP contribution in [0.5, 0.6) is 0 Å². The lowest BCUT2D eigenvalue weighted by Crippen LogP contribution is -2.41. The molecule has 1 aromatic carbocycles.